The van der Waals surface area contributed by atoms with E-state index in [1.165, 1.54) is 12.8 Å². The lowest BCUT2D eigenvalue weighted by Crippen LogP contribution is -2.39. The minimum Gasteiger partial charge on any atom is -0.308 e. The molecule has 94 valence electrons. The molecule has 0 bridgehead atoms. The maximum absolute atomic E-state index is 4.62. The first-order chi connectivity index (χ1) is 8.81. The molecule has 2 aromatic heterocycles. The zero-order chi connectivity index (χ0) is 12.4. The lowest BCUT2D eigenvalue weighted by atomic mass is 9.82. The second-order valence-corrected chi connectivity index (χ2v) is 5.87. The summed E-state index contributed by atoms with van der Waals surface area (Å²) in [5.41, 5.74) is 2.09. The highest BCUT2D eigenvalue weighted by Gasteiger charge is 2.24. The third-order valence-corrected chi connectivity index (χ3v) is 4.29. The van der Waals surface area contributed by atoms with Gasteiger partial charge in [0.2, 0.25) is 0 Å². The number of nitrogens with one attached hydrogen (secondary N) is 1. The van der Waals surface area contributed by atoms with E-state index in [0.29, 0.717) is 6.04 Å². The molecule has 0 aliphatic heterocycles. The summed E-state index contributed by atoms with van der Waals surface area (Å²) in [5, 5.41) is 6.69. The fourth-order valence-electron chi connectivity index (χ4n) is 2.31. The summed E-state index contributed by atoms with van der Waals surface area (Å²) in [4.78, 5) is 8.95. The fraction of sp³-hybridized carbons (Fsp3) is 0.429. The molecule has 0 atom stereocenters. The van der Waals surface area contributed by atoms with Gasteiger partial charge in [0.05, 0.1) is 11.4 Å². The van der Waals surface area contributed by atoms with E-state index in [2.05, 4.69) is 27.6 Å². The molecule has 1 aliphatic carbocycles. The Hall–Kier alpha value is -1.26. The van der Waals surface area contributed by atoms with Crippen LogP contribution in [0.25, 0.3) is 10.7 Å². The first-order valence-electron chi connectivity index (χ1n) is 6.40. The average molecular weight is 259 g/mol. The van der Waals surface area contributed by atoms with Gasteiger partial charge in [0.1, 0.15) is 5.01 Å². The molecule has 0 aromatic carbocycles. The van der Waals surface area contributed by atoms with Crippen molar-refractivity contribution in [3.05, 3.63) is 35.5 Å². The van der Waals surface area contributed by atoms with Crippen molar-refractivity contribution in [2.45, 2.75) is 32.4 Å². The highest BCUT2D eigenvalue weighted by Crippen LogP contribution is 2.27. The molecule has 3 nitrogen and oxygen atoms in total. The van der Waals surface area contributed by atoms with Gasteiger partial charge in [-0.3, -0.25) is 4.98 Å². The third-order valence-electron chi connectivity index (χ3n) is 3.38. The second kappa shape index (κ2) is 5.16. The molecule has 2 heterocycles. The van der Waals surface area contributed by atoms with Crippen LogP contribution in [0.4, 0.5) is 0 Å². The quantitative estimate of drug-likeness (QED) is 0.917. The van der Waals surface area contributed by atoms with Crippen molar-refractivity contribution < 1.29 is 0 Å². The van der Waals surface area contributed by atoms with Gasteiger partial charge < -0.3 is 5.32 Å². The van der Waals surface area contributed by atoms with Crippen LogP contribution >= 0.6 is 11.3 Å². The molecular formula is C14H17N3S. The van der Waals surface area contributed by atoms with Crippen LogP contribution in [0.2, 0.25) is 0 Å². The van der Waals surface area contributed by atoms with Gasteiger partial charge in [-0.15, -0.1) is 11.3 Å². The van der Waals surface area contributed by atoms with Crippen LogP contribution in [0.5, 0.6) is 0 Å². The maximum Gasteiger partial charge on any atom is 0.142 e. The van der Waals surface area contributed by atoms with Crippen molar-refractivity contribution in [1.29, 1.82) is 0 Å². The Morgan fingerprint density at radius 2 is 2.28 bits per heavy atom. The molecule has 0 unspecified atom stereocenters. The number of nitrogens with zero attached hydrogens (tertiary/aromatic N) is 2. The normalized spacial score (nSPS) is 22.7. The molecule has 0 saturated heterocycles. The summed E-state index contributed by atoms with van der Waals surface area (Å²) < 4.78 is 0. The van der Waals surface area contributed by atoms with E-state index in [9.17, 15) is 0 Å². The molecule has 0 spiro atoms. The Morgan fingerprint density at radius 3 is 3.00 bits per heavy atom. The minimum absolute atomic E-state index is 0.694. The maximum atomic E-state index is 4.62. The average Bonchev–Trinajstić information content (AvgIpc) is 2.83. The van der Waals surface area contributed by atoms with E-state index < -0.39 is 0 Å². The van der Waals surface area contributed by atoms with Crippen molar-refractivity contribution >= 4 is 11.3 Å². The number of rotatable bonds is 4. The first kappa shape index (κ1) is 11.8. The van der Waals surface area contributed by atoms with E-state index in [1.54, 1.807) is 11.3 Å². The van der Waals surface area contributed by atoms with Crippen LogP contribution in [0, 0.1) is 5.92 Å². The van der Waals surface area contributed by atoms with Gasteiger partial charge >= 0.3 is 0 Å². The lowest BCUT2D eigenvalue weighted by molar-refractivity contribution is 0.240. The summed E-state index contributed by atoms with van der Waals surface area (Å²) in [6.45, 7) is 3.18. The molecule has 4 heteroatoms. The Balaban J connectivity index is 1.60. The molecule has 1 N–H and O–H groups in total. The largest absolute Gasteiger partial charge is 0.308 e. The molecule has 0 amide bonds. The van der Waals surface area contributed by atoms with Gasteiger partial charge in [0, 0.05) is 24.2 Å². The summed E-state index contributed by atoms with van der Waals surface area (Å²) in [5.74, 6) is 0.891. The van der Waals surface area contributed by atoms with Crippen LogP contribution in [-0.2, 0) is 6.54 Å². The second-order valence-electron chi connectivity index (χ2n) is 5.01. The zero-order valence-electron chi connectivity index (χ0n) is 10.5. The summed E-state index contributed by atoms with van der Waals surface area (Å²) in [7, 11) is 0. The first-order valence-corrected chi connectivity index (χ1v) is 7.28. The lowest BCUT2D eigenvalue weighted by Gasteiger charge is -2.33. The summed E-state index contributed by atoms with van der Waals surface area (Å²) >= 11 is 1.67. The Labute approximate surface area is 111 Å². The molecule has 18 heavy (non-hydrogen) atoms. The Morgan fingerprint density at radius 1 is 1.39 bits per heavy atom. The molecule has 1 fully saturated rings. The molecule has 2 aromatic rings. The van der Waals surface area contributed by atoms with E-state index in [0.717, 1.165) is 28.9 Å². The summed E-state index contributed by atoms with van der Waals surface area (Å²) in [6.07, 6.45) is 4.42. The molecule has 3 rings (SSSR count). The highest BCUT2D eigenvalue weighted by molar-refractivity contribution is 7.13. The number of hydrogen-bond donors (Lipinski definition) is 1. The highest BCUT2D eigenvalue weighted by atomic mass is 32.1. The van der Waals surface area contributed by atoms with E-state index in [1.807, 2.05) is 24.4 Å². The molecule has 1 aliphatic rings. The van der Waals surface area contributed by atoms with Gasteiger partial charge in [0.15, 0.2) is 0 Å². The molecular weight excluding hydrogens is 242 g/mol. The van der Waals surface area contributed by atoms with Gasteiger partial charge in [0.25, 0.3) is 0 Å². The smallest absolute Gasteiger partial charge is 0.142 e. The van der Waals surface area contributed by atoms with Gasteiger partial charge in [-0.05, 0) is 30.9 Å². The summed E-state index contributed by atoms with van der Waals surface area (Å²) in [6, 6.07) is 6.62. The van der Waals surface area contributed by atoms with Crippen LogP contribution in [-0.4, -0.2) is 16.0 Å². The predicted molar refractivity (Wildman–Crippen MR) is 74.4 cm³/mol. The number of pyridine rings is 1. The third kappa shape index (κ3) is 2.60. The van der Waals surface area contributed by atoms with Crippen molar-refractivity contribution in [3.63, 3.8) is 0 Å². The van der Waals surface area contributed by atoms with Gasteiger partial charge in [-0.25, -0.2) is 4.98 Å². The molecule has 1 saturated carbocycles. The van der Waals surface area contributed by atoms with E-state index in [4.69, 9.17) is 0 Å². The number of hydrogen-bond acceptors (Lipinski definition) is 4. The topological polar surface area (TPSA) is 37.8 Å². The number of aromatic nitrogens is 2. The van der Waals surface area contributed by atoms with E-state index >= 15 is 0 Å². The van der Waals surface area contributed by atoms with Crippen LogP contribution in [0.3, 0.4) is 0 Å². The van der Waals surface area contributed by atoms with Crippen molar-refractivity contribution in [2.75, 3.05) is 0 Å². The van der Waals surface area contributed by atoms with Crippen molar-refractivity contribution in [3.8, 4) is 10.7 Å². The van der Waals surface area contributed by atoms with Gasteiger partial charge in [-0.2, -0.15) is 0 Å². The Kier molecular flexibility index (Phi) is 3.39. The SMILES string of the molecule is CC1CC(NCc2csc(-c3ccccn3)n2)C1. The van der Waals surface area contributed by atoms with Crippen LogP contribution < -0.4 is 5.32 Å². The van der Waals surface area contributed by atoms with Gasteiger partial charge in [-0.1, -0.05) is 13.0 Å². The van der Waals surface area contributed by atoms with Crippen LogP contribution in [0.1, 0.15) is 25.5 Å². The van der Waals surface area contributed by atoms with E-state index in [-0.39, 0.29) is 0 Å². The monoisotopic (exact) mass is 259 g/mol. The minimum atomic E-state index is 0.694. The molecule has 0 radical (unpaired) electrons. The van der Waals surface area contributed by atoms with Crippen molar-refractivity contribution in [1.82, 2.24) is 15.3 Å². The fourth-order valence-corrected chi connectivity index (χ4v) is 3.11. The zero-order valence-corrected chi connectivity index (χ0v) is 11.3. The van der Waals surface area contributed by atoms with Crippen LogP contribution in [0.15, 0.2) is 29.8 Å². The number of thiazole rings is 1. The predicted octanol–water partition coefficient (Wildman–Crippen LogP) is 3.09. The standard InChI is InChI=1S/C14H17N3S/c1-10-6-11(7-10)16-8-12-9-18-14(17-12)13-4-2-3-5-15-13/h2-5,9-11,16H,6-8H2,1H3. The Bertz CT molecular complexity index is 503. The van der Waals surface area contributed by atoms with Crippen molar-refractivity contribution in [2.24, 2.45) is 5.92 Å².